The second-order valence-electron chi connectivity index (χ2n) is 4.28. The van der Waals surface area contributed by atoms with Gasteiger partial charge >= 0.3 is 0 Å². The van der Waals surface area contributed by atoms with Crippen molar-refractivity contribution in [2.75, 3.05) is 13.2 Å². The van der Waals surface area contributed by atoms with Gasteiger partial charge in [0.2, 0.25) is 0 Å². The summed E-state index contributed by atoms with van der Waals surface area (Å²) in [4.78, 5) is 0. The zero-order valence-corrected chi connectivity index (χ0v) is 11.0. The Morgan fingerprint density at radius 3 is 2.47 bits per heavy atom. The van der Waals surface area contributed by atoms with Crippen LogP contribution >= 0.6 is 15.9 Å². The van der Waals surface area contributed by atoms with Crippen LogP contribution in [0.2, 0.25) is 0 Å². The van der Waals surface area contributed by atoms with Crippen LogP contribution in [-0.2, 0) is 4.74 Å². The molecule has 94 valence electrons. The van der Waals surface area contributed by atoms with Crippen molar-refractivity contribution in [2.45, 2.75) is 24.9 Å². The first-order valence-corrected chi connectivity index (χ1v) is 6.12. The fraction of sp³-hybridized carbons (Fsp3) is 0.500. The van der Waals surface area contributed by atoms with Crippen LogP contribution in [0.25, 0.3) is 0 Å². The van der Waals surface area contributed by atoms with Gasteiger partial charge in [-0.1, -0.05) is 15.9 Å². The summed E-state index contributed by atoms with van der Waals surface area (Å²) in [6.07, 6.45) is 0.177. The van der Waals surface area contributed by atoms with Gasteiger partial charge in [0.25, 0.3) is 5.92 Å². The molecule has 2 rings (SSSR count). The van der Waals surface area contributed by atoms with E-state index in [9.17, 15) is 8.78 Å². The molecule has 1 unspecified atom stereocenters. The van der Waals surface area contributed by atoms with E-state index in [-0.39, 0.29) is 13.0 Å². The highest BCUT2D eigenvalue weighted by Crippen LogP contribution is 2.43. The third-order valence-electron chi connectivity index (χ3n) is 3.01. The van der Waals surface area contributed by atoms with E-state index in [0.29, 0.717) is 5.75 Å². The highest BCUT2D eigenvalue weighted by Gasteiger charge is 2.60. The number of rotatable bonds is 4. The molecule has 0 N–H and O–H groups in total. The van der Waals surface area contributed by atoms with Gasteiger partial charge in [-0.3, -0.25) is 0 Å². The minimum atomic E-state index is -2.74. The lowest BCUT2D eigenvalue weighted by molar-refractivity contribution is -0.324. The van der Waals surface area contributed by atoms with E-state index in [1.165, 1.54) is 6.92 Å². The zero-order valence-electron chi connectivity index (χ0n) is 9.38. The van der Waals surface area contributed by atoms with E-state index in [1.54, 1.807) is 12.1 Å². The molecule has 17 heavy (non-hydrogen) atoms. The normalized spacial score (nSPS) is 26.4. The van der Waals surface area contributed by atoms with Crippen LogP contribution in [0.3, 0.4) is 0 Å². The van der Waals surface area contributed by atoms with Crippen molar-refractivity contribution in [3.63, 3.8) is 0 Å². The fourth-order valence-electron chi connectivity index (χ4n) is 1.58. The largest absolute Gasteiger partial charge is 0.493 e. The molecule has 0 aromatic heterocycles. The van der Waals surface area contributed by atoms with Gasteiger partial charge in [0.15, 0.2) is 0 Å². The topological polar surface area (TPSA) is 18.5 Å². The molecule has 2 nitrogen and oxygen atoms in total. The highest BCUT2D eigenvalue weighted by molar-refractivity contribution is 9.10. The molecule has 0 amide bonds. The average Bonchev–Trinajstić information content (AvgIpc) is 2.30. The summed E-state index contributed by atoms with van der Waals surface area (Å²) in [7, 11) is 0. The van der Waals surface area contributed by atoms with Gasteiger partial charge in [-0.25, -0.2) is 8.78 Å². The fourth-order valence-corrected chi connectivity index (χ4v) is 1.84. The summed E-state index contributed by atoms with van der Waals surface area (Å²) in [5.41, 5.74) is -1.37. The second kappa shape index (κ2) is 4.53. The Bertz CT molecular complexity index is 394. The van der Waals surface area contributed by atoms with Crippen LogP contribution < -0.4 is 4.74 Å². The molecule has 1 heterocycles. The van der Waals surface area contributed by atoms with Gasteiger partial charge in [-0.2, -0.15) is 0 Å². The lowest BCUT2D eigenvalue weighted by atomic mass is 9.89. The van der Waals surface area contributed by atoms with Crippen molar-refractivity contribution in [1.82, 2.24) is 0 Å². The zero-order chi connectivity index (χ0) is 12.5. The molecule has 1 aromatic carbocycles. The molecule has 0 radical (unpaired) electrons. The van der Waals surface area contributed by atoms with E-state index >= 15 is 0 Å². The number of benzene rings is 1. The lowest BCUT2D eigenvalue weighted by Gasteiger charge is -2.46. The summed E-state index contributed by atoms with van der Waals surface area (Å²) in [6, 6.07) is 7.25. The monoisotopic (exact) mass is 306 g/mol. The van der Waals surface area contributed by atoms with Crippen molar-refractivity contribution in [3.05, 3.63) is 28.7 Å². The van der Waals surface area contributed by atoms with Crippen molar-refractivity contribution < 1.29 is 18.3 Å². The van der Waals surface area contributed by atoms with E-state index in [1.807, 2.05) is 12.1 Å². The van der Waals surface area contributed by atoms with Crippen molar-refractivity contribution in [2.24, 2.45) is 0 Å². The van der Waals surface area contributed by atoms with Crippen LogP contribution in [0, 0.1) is 0 Å². The predicted molar refractivity (Wildman–Crippen MR) is 63.6 cm³/mol. The van der Waals surface area contributed by atoms with Crippen molar-refractivity contribution >= 4 is 15.9 Å². The Labute approximate surface area is 107 Å². The molecule has 1 aliphatic rings. The molecule has 0 saturated carbocycles. The molecule has 1 saturated heterocycles. The Hall–Kier alpha value is -0.680. The van der Waals surface area contributed by atoms with Crippen molar-refractivity contribution in [1.29, 1.82) is 0 Å². The first kappa shape index (κ1) is 12.8. The maximum absolute atomic E-state index is 13.2. The summed E-state index contributed by atoms with van der Waals surface area (Å²) in [5, 5.41) is 0. The maximum Gasteiger partial charge on any atom is 0.299 e. The summed E-state index contributed by atoms with van der Waals surface area (Å²) < 4.78 is 37.7. The smallest absolute Gasteiger partial charge is 0.299 e. The molecule has 5 heteroatoms. The Balaban J connectivity index is 1.82. The Morgan fingerprint density at radius 2 is 2.00 bits per heavy atom. The van der Waals surface area contributed by atoms with E-state index in [4.69, 9.17) is 9.47 Å². The summed E-state index contributed by atoms with van der Waals surface area (Å²) >= 11 is 3.31. The van der Waals surface area contributed by atoms with Crippen LogP contribution in [0.1, 0.15) is 13.3 Å². The quantitative estimate of drug-likeness (QED) is 0.845. The minimum absolute atomic E-state index is 0.177. The van der Waals surface area contributed by atoms with Crippen LogP contribution in [-0.4, -0.2) is 24.7 Å². The predicted octanol–water partition coefficient (Wildman–Crippen LogP) is 3.64. The van der Waals surface area contributed by atoms with Crippen LogP contribution in [0.4, 0.5) is 8.78 Å². The average molecular weight is 307 g/mol. The van der Waals surface area contributed by atoms with Crippen LogP contribution in [0.5, 0.6) is 5.75 Å². The molecule has 0 spiro atoms. The number of hydrogen-bond donors (Lipinski definition) is 0. The molecular formula is C12H13BrF2O2. The molecule has 1 atom stereocenters. The third-order valence-corrected chi connectivity index (χ3v) is 3.54. The molecule has 0 bridgehead atoms. The van der Waals surface area contributed by atoms with E-state index in [2.05, 4.69) is 15.9 Å². The first-order valence-electron chi connectivity index (χ1n) is 5.33. The standard InChI is InChI=1S/C12H13BrF2O2/c1-11(12(14,15)8-17-11)6-7-16-10-4-2-9(13)3-5-10/h2-5H,6-8H2,1H3. The Morgan fingerprint density at radius 1 is 1.35 bits per heavy atom. The lowest BCUT2D eigenvalue weighted by Crippen LogP contribution is -2.62. The molecular weight excluding hydrogens is 294 g/mol. The minimum Gasteiger partial charge on any atom is -0.493 e. The summed E-state index contributed by atoms with van der Waals surface area (Å²) in [5.74, 6) is -2.07. The highest BCUT2D eigenvalue weighted by atomic mass is 79.9. The van der Waals surface area contributed by atoms with Gasteiger partial charge in [-0.15, -0.1) is 0 Å². The first-order chi connectivity index (χ1) is 7.93. The Kier molecular flexibility index (Phi) is 3.41. The van der Waals surface area contributed by atoms with Gasteiger partial charge in [-0.05, 0) is 31.2 Å². The SMILES string of the molecule is CC1(CCOc2ccc(Br)cc2)OCC1(F)F. The van der Waals surface area contributed by atoms with Gasteiger partial charge < -0.3 is 9.47 Å². The number of hydrogen-bond acceptors (Lipinski definition) is 2. The number of ether oxygens (including phenoxy) is 2. The molecule has 0 aliphatic carbocycles. The molecule has 1 fully saturated rings. The number of alkyl halides is 2. The summed E-state index contributed by atoms with van der Waals surface area (Å²) in [6.45, 7) is 1.15. The molecule has 1 aromatic rings. The second-order valence-corrected chi connectivity index (χ2v) is 5.19. The van der Waals surface area contributed by atoms with E-state index in [0.717, 1.165) is 4.47 Å². The third kappa shape index (κ3) is 2.60. The van der Waals surface area contributed by atoms with E-state index < -0.39 is 18.1 Å². The van der Waals surface area contributed by atoms with Gasteiger partial charge in [0.1, 0.15) is 18.0 Å². The maximum atomic E-state index is 13.2. The number of halogens is 3. The van der Waals surface area contributed by atoms with Gasteiger partial charge in [0.05, 0.1) is 6.61 Å². The van der Waals surface area contributed by atoms with Crippen molar-refractivity contribution in [3.8, 4) is 5.75 Å². The van der Waals surface area contributed by atoms with Crippen LogP contribution in [0.15, 0.2) is 28.7 Å². The molecule has 1 aliphatic heterocycles. The van der Waals surface area contributed by atoms with Gasteiger partial charge in [0, 0.05) is 10.9 Å².